The molecular formula is C23H31N3O2S. The molecule has 5 nitrogen and oxygen atoms in total. The second-order valence-electron chi connectivity index (χ2n) is 7.26. The average molecular weight is 414 g/mol. The van der Waals surface area contributed by atoms with Crippen molar-refractivity contribution in [1.82, 2.24) is 10.6 Å². The monoisotopic (exact) mass is 413 g/mol. The lowest BCUT2D eigenvalue weighted by Crippen LogP contribution is -2.39. The van der Waals surface area contributed by atoms with Crippen LogP contribution in [0.1, 0.15) is 30.9 Å². The summed E-state index contributed by atoms with van der Waals surface area (Å²) in [5, 5.41) is 6.55. The van der Waals surface area contributed by atoms with E-state index in [1.165, 1.54) is 12.8 Å². The zero-order chi connectivity index (χ0) is 20.3. The molecule has 0 bridgehead atoms. The quantitative estimate of drug-likeness (QED) is 0.437. The van der Waals surface area contributed by atoms with Crippen molar-refractivity contribution in [3.8, 4) is 5.75 Å². The van der Waals surface area contributed by atoms with Crippen LogP contribution < -0.4 is 15.4 Å². The Morgan fingerprint density at radius 1 is 1.10 bits per heavy atom. The van der Waals surface area contributed by atoms with Crippen LogP contribution in [0.3, 0.4) is 0 Å². The Bertz CT molecular complexity index is 807. The van der Waals surface area contributed by atoms with Gasteiger partial charge in [-0.05, 0) is 37.3 Å². The summed E-state index contributed by atoms with van der Waals surface area (Å²) >= 11 is 0. The minimum Gasteiger partial charge on any atom is -0.493 e. The number of benzene rings is 2. The molecule has 29 heavy (non-hydrogen) atoms. The van der Waals surface area contributed by atoms with E-state index in [4.69, 9.17) is 4.74 Å². The molecule has 0 heterocycles. The van der Waals surface area contributed by atoms with E-state index in [1.807, 2.05) is 55.5 Å². The van der Waals surface area contributed by atoms with E-state index in [0.717, 1.165) is 41.9 Å². The van der Waals surface area contributed by atoms with Crippen molar-refractivity contribution in [3.63, 3.8) is 0 Å². The van der Waals surface area contributed by atoms with E-state index < -0.39 is 10.8 Å². The number of rotatable bonds is 11. The summed E-state index contributed by atoms with van der Waals surface area (Å²) in [7, 11) is -0.902. The van der Waals surface area contributed by atoms with E-state index in [2.05, 4.69) is 21.7 Å². The van der Waals surface area contributed by atoms with Gasteiger partial charge < -0.3 is 15.4 Å². The van der Waals surface area contributed by atoms with Gasteiger partial charge in [-0.15, -0.1) is 0 Å². The van der Waals surface area contributed by atoms with Gasteiger partial charge >= 0.3 is 0 Å². The van der Waals surface area contributed by atoms with Crippen LogP contribution >= 0.6 is 0 Å². The van der Waals surface area contributed by atoms with Gasteiger partial charge in [-0.1, -0.05) is 48.5 Å². The molecule has 1 aliphatic carbocycles. The van der Waals surface area contributed by atoms with Crippen LogP contribution in [0.15, 0.2) is 59.6 Å². The molecule has 156 valence electrons. The molecule has 0 radical (unpaired) electrons. The topological polar surface area (TPSA) is 62.7 Å². The molecule has 6 heteroatoms. The van der Waals surface area contributed by atoms with Crippen molar-refractivity contribution < 1.29 is 8.95 Å². The van der Waals surface area contributed by atoms with Gasteiger partial charge in [0.15, 0.2) is 5.96 Å². The summed E-state index contributed by atoms with van der Waals surface area (Å²) in [6.07, 6.45) is 2.56. The normalized spacial score (nSPS) is 15.0. The molecule has 0 aliphatic heterocycles. The van der Waals surface area contributed by atoms with E-state index in [9.17, 15) is 4.21 Å². The molecule has 0 spiro atoms. The predicted molar refractivity (Wildman–Crippen MR) is 121 cm³/mol. The van der Waals surface area contributed by atoms with Gasteiger partial charge in [0.2, 0.25) is 0 Å². The lowest BCUT2D eigenvalue weighted by molar-refractivity contribution is 0.297. The number of nitrogens with zero attached hydrogens (tertiary/aromatic N) is 1. The number of nitrogens with one attached hydrogen (secondary N) is 2. The van der Waals surface area contributed by atoms with Crippen molar-refractivity contribution in [1.29, 1.82) is 0 Å². The molecule has 1 fully saturated rings. The first kappa shape index (κ1) is 21.4. The van der Waals surface area contributed by atoms with Crippen LogP contribution in [0.2, 0.25) is 0 Å². The van der Waals surface area contributed by atoms with Crippen LogP contribution in [-0.2, 0) is 23.1 Å². The van der Waals surface area contributed by atoms with E-state index >= 15 is 0 Å². The number of guanidine groups is 1. The standard InChI is InChI=1S/C23H31N3O2S/c1-2-24-23(25-14-15-29(27)18-20-8-4-3-5-9-20)26-16-21-10-6-7-11-22(21)28-17-19-12-13-19/h3-11,19H,2,12-18H2,1H3,(H2,24,25,26). The summed E-state index contributed by atoms with van der Waals surface area (Å²) in [5.74, 6) is 3.55. The van der Waals surface area contributed by atoms with E-state index in [0.29, 0.717) is 24.6 Å². The molecule has 2 aromatic carbocycles. The third-order valence-corrected chi connectivity index (χ3v) is 6.00. The molecule has 3 rings (SSSR count). The molecule has 0 saturated heterocycles. The van der Waals surface area contributed by atoms with Gasteiger partial charge in [0.25, 0.3) is 0 Å². The third-order valence-electron chi connectivity index (χ3n) is 4.69. The van der Waals surface area contributed by atoms with Crippen molar-refractivity contribution in [2.45, 2.75) is 32.1 Å². The molecular weight excluding hydrogens is 382 g/mol. The molecule has 2 N–H and O–H groups in total. The Balaban J connectivity index is 1.48. The molecule has 1 saturated carbocycles. The average Bonchev–Trinajstić information content (AvgIpc) is 3.56. The highest BCUT2D eigenvalue weighted by molar-refractivity contribution is 7.84. The maximum Gasteiger partial charge on any atom is 0.191 e. The zero-order valence-corrected chi connectivity index (χ0v) is 17.9. The molecule has 1 atom stereocenters. The Kier molecular flexibility index (Phi) is 8.56. The summed E-state index contributed by atoms with van der Waals surface area (Å²) < 4.78 is 18.3. The van der Waals surface area contributed by atoms with Gasteiger partial charge in [0.05, 0.1) is 13.2 Å². The van der Waals surface area contributed by atoms with Crippen molar-refractivity contribution in [2.24, 2.45) is 10.9 Å². The Morgan fingerprint density at radius 3 is 2.62 bits per heavy atom. The van der Waals surface area contributed by atoms with Crippen molar-refractivity contribution in [2.75, 3.05) is 25.4 Å². The van der Waals surface area contributed by atoms with Crippen LogP contribution in [0, 0.1) is 5.92 Å². The van der Waals surface area contributed by atoms with Crippen molar-refractivity contribution in [3.05, 3.63) is 65.7 Å². The summed E-state index contributed by atoms with van der Waals surface area (Å²) in [6, 6.07) is 18.1. The molecule has 0 amide bonds. The van der Waals surface area contributed by atoms with Crippen LogP contribution in [0.4, 0.5) is 0 Å². The SMILES string of the molecule is CCNC(=NCc1ccccc1OCC1CC1)NCCS(=O)Cc1ccccc1. The molecule has 0 aromatic heterocycles. The fourth-order valence-electron chi connectivity index (χ4n) is 2.89. The van der Waals surface area contributed by atoms with Gasteiger partial charge in [-0.2, -0.15) is 0 Å². The highest BCUT2D eigenvalue weighted by Crippen LogP contribution is 2.30. The highest BCUT2D eigenvalue weighted by atomic mass is 32.2. The second kappa shape index (κ2) is 11.6. The minimum absolute atomic E-state index is 0.545. The second-order valence-corrected chi connectivity index (χ2v) is 8.83. The smallest absolute Gasteiger partial charge is 0.191 e. The maximum absolute atomic E-state index is 12.3. The first-order valence-corrected chi connectivity index (χ1v) is 11.8. The predicted octanol–water partition coefficient (Wildman–Crippen LogP) is 3.48. The number of aliphatic imine (C=N–C) groups is 1. The lowest BCUT2D eigenvalue weighted by atomic mass is 10.2. The van der Waals surface area contributed by atoms with Gasteiger partial charge in [-0.25, -0.2) is 4.99 Å². The van der Waals surface area contributed by atoms with Crippen LogP contribution in [0.25, 0.3) is 0 Å². The number of para-hydroxylation sites is 1. The van der Waals surface area contributed by atoms with Crippen LogP contribution in [0.5, 0.6) is 5.75 Å². The molecule has 1 aliphatic rings. The van der Waals surface area contributed by atoms with E-state index in [-0.39, 0.29) is 0 Å². The maximum atomic E-state index is 12.3. The number of hydrogen-bond donors (Lipinski definition) is 2. The first-order chi connectivity index (χ1) is 14.2. The third kappa shape index (κ3) is 7.89. The van der Waals surface area contributed by atoms with Gasteiger partial charge in [0.1, 0.15) is 5.75 Å². The van der Waals surface area contributed by atoms with E-state index in [1.54, 1.807) is 0 Å². The lowest BCUT2D eigenvalue weighted by Gasteiger charge is -2.13. The Morgan fingerprint density at radius 2 is 1.86 bits per heavy atom. The largest absolute Gasteiger partial charge is 0.493 e. The van der Waals surface area contributed by atoms with Crippen molar-refractivity contribution >= 4 is 16.8 Å². The van der Waals surface area contributed by atoms with Gasteiger partial charge in [0, 0.05) is 41.0 Å². The fourth-order valence-corrected chi connectivity index (χ4v) is 3.93. The zero-order valence-electron chi connectivity index (χ0n) is 17.1. The van der Waals surface area contributed by atoms with Crippen LogP contribution in [-0.4, -0.2) is 35.6 Å². The molecule has 1 unspecified atom stereocenters. The Hall–Kier alpha value is -2.34. The first-order valence-electron chi connectivity index (χ1n) is 10.4. The summed E-state index contributed by atoms with van der Waals surface area (Å²) in [4.78, 5) is 4.68. The van der Waals surface area contributed by atoms with Gasteiger partial charge in [-0.3, -0.25) is 4.21 Å². The summed E-state index contributed by atoms with van der Waals surface area (Å²) in [5.41, 5.74) is 2.19. The molecule has 2 aromatic rings. The minimum atomic E-state index is -0.902. The highest BCUT2D eigenvalue weighted by Gasteiger charge is 2.22. The number of ether oxygens (including phenoxy) is 1. The number of hydrogen-bond acceptors (Lipinski definition) is 3. The fraction of sp³-hybridized carbons (Fsp3) is 0.435. The Labute approximate surface area is 176 Å². The summed E-state index contributed by atoms with van der Waals surface area (Å²) in [6.45, 7) is 4.77.